The first-order chi connectivity index (χ1) is 11.4. The second kappa shape index (κ2) is 6.55. The minimum absolute atomic E-state index is 0.0226. The maximum atomic E-state index is 12.5. The van der Waals surface area contributed by atoms with E-state index in [1.165, 1.54) is 0 Å². The summed E-state index contributed by atoms with van der Waals surface area (Å²) in [4.78, 5) is 28.4. The van der Waals surface area contributed by atoms with Gasteiger partial charge >= 0.3 is 0 Å². The lowest BCUT2D eigenvalue weighted by Crippen LogP contribution is -2.52. The fraction of sp³-hybridized carbons (Fsp3) is 0.529. The normalized spacial score (nSPS) is 23.3. The first-order valence-corrected chi connectivity index (χ1v) is 10.0. The van der Waals surface area contributed by atoms with Crippen LogP contribution in [0.15, 0.2) is 24.3 Å². The lowest BCUT2D eigenvalue weighted by atomic mass is 10.1. The maximum Gasteiger partial charge on any atom is 0.253 e. The van der Waals surface area contributed by atoms with Crippen molar-refractivity contribution >= 4 is 21.7 Å². The van der Waals surface area contributed by atoms with Crippen LogP contribution in [0.2, 0.25) is 0 Å². The van der Waals surface area contributed by atoms with Crippen molar-refractivity contribution in [2.24, 2.45) is 5.92 Å². The molecule has 2 saturated heterocycles. The first-order valence-electron chi connectivity index (χ1n) is 8.21. The molecule has 1 unspecified atom stereocenters. The standard InChI is InChI=1S/C17H22N2O4S/c1-13-2-4-14(5-3-13)16(20)18-7-9-19(10-8-18)17(21)15-6-11-24(22,23)12-15/h2-5,15H,6-12H2,1H3. The van der Waals surface area contributed by atoms with Crippen molar-refractivity contribution in [2.45, 2.75) is 13.3 Å². The molecule has 1 atom stereocenters. The topological polar surface area (TPSA) is 74.8 Å². The predicted molar refractivity (Wildman–Crippen MR) is 90.4 cm³/mol. The lowest BCUT2D eigenvalue weighted by molar-refractivity contribution is -0.136. The van der Waals surface area contributed by atoms with Crippen LogP contribution in [0.4, 0.5) is 0 Å². The van der Waals surface area contributed by atoms with Crippen LogP contribution in [-0.4, -0.2) is 67.7 Å². The van der Waals surface area contributed by atoms with E-state index in [1.807, 2.05) is 31.2 Å². The average molecular weight is 350 g/mol. The van der Waals surface area contributed by atoms with Gasteiger partial charge in [-0.15, -0.1) is 0 Å². The van der Waals surface area contributed by atoms with Crippen molar-refractivity contribution in [3.63, 3.8) is 0 Å². The molecule has 0 aromatic heterocycles. The SMILES string of the molecule is Cc1ccc(C(=O)N2CCN(C(=O)C3CCS(=O)(=O)C3)CC2)cc1. The van der Waals surface area contributed by atoms with E-state index in [-0.39, 0.29) is 23.3 Å². The Hall–Kier alpha value is -1.89. The fourth-order valence-electron chi connectivity index (χ4n) is 3.26. The molecule has 1 aromatic carbocycles. The van der Waals surface area contributed by atoms with E-state index in [0.717, 1.165) is 5.56 Å². The van der Waals surface area contributed by atoms with Gasteiger partial charge in [-0.3, -0.25) is 9.59 Å². The van der Waals surface area contributed by atoms with Crippen LogP contribution in [0.25, 0.3) is 0 Å². The summed E-state index contributed by atoms with van der Waals surface area (Å²) in [5, 5.41) is 0. The number of carbonyl (C=O) groups is 2. The Labute approximate surface area is 142 Å². The summed E-state index contributed by atoms with van der Waals surface area (Å²) < 4.78 is 23.1. The second-order valence-corrected chi connectivity index (χ2v) is 8.81. The van der Waals surface area contributed by atoms with Crippen molar-refractivity contribution in [1.82, 2.24) is 9.80 Å². The molecule has 2 fully saturated rings. The molecule has 7 heteroatoms. The number of carbonyl (C=O) groups excluding carboxylic acids is 2. The average Bonchev–Trinajstić information content (AvgIpc) is 2.94. The molecule has 0 aliphatic carbocycles. The zero-order valence-corrected chi connectivity index (χ0v) is 14.6. The first kappa shape index (κ1) is 17.0. The van der Waals surface area contributed by atoms with E-state index in [4.69, 9.17) is 0 Å². The molecule has 0 bridgehead atoms. The van der Waals surface area contributed by atoms with E-state index < -0.39 is 15.8 Å². The number of rotatable bonds is 2. The molecule has 3 rings (SSSR count). The van der Waals surface area contributed by atoms with Crippen molar-refractivity contribution in [3.05, 3.63) is 35.4 Å². The maximum absolute atomic E-state index is 12.5. The summed E-state index contributed by atoms with van der Waals surface area (Å²) in [6.45, 7) is 3.87. The number of sulfone groups is 1. The predicted octanol–water partition coefficient (Wildman–Crippen LogP) is 0.714. The molecule has 0 radical (unpaired) electrons. The summed E-state index contributed by atoms with van der Waals surface area (Å²) >= 11 is 0. The van der Waals surface area contributed by atoms with Crippen LogP contribution in [-0.2, 0) is 14.6 Å². The third-order valence-electron chi connectivity index (χ3n) is 4.76. The highest BCUT2D eigenvalue weighted by Gasteiger charge is 2.36. The molecule has 0 saturated carbocycles. The van der Waals surface area contributed by atoms with Gasteiger partial charge < -0.3 is 9.80 Å². The molecule has 2 heterocycles. The minimum Gasteiger partial charge on any atom is -0.339 e. The second-order valence-electron chi connectivity index (χ2n) is 6.58. The van der Waals surface area contributed by atoms with Crippen molar-refractivity contribution in [2.75, 3.05) is 37.7 Å². The Morgan fingerprint density at radius 2 is 1.58 bits per heavy atom. The van der Waals surface area contributed by atoms with E-state index in [1.54, 1.807) is 9.80 Å². The number of aryl methyl sites for hydroxylation is 1. The largest absolute Gasteiger partial charge is 0.339 e. The molecule has 2 aliphatic rings. The Kier molecular flexibility index (Phi) is 4.62. The molecular formula is C17H22N2O4S. The van der Waals surface area contributed by atoms with E-state index in [9.17, 15) is 18.0 Å². The summed E-state index contributed by atoms with van der Waals surface area (Å²) in [5.41, 5.74) is 1.76. The molecular weight excluding hydrogens is 328 g/mol. The van der Waals surface area contributed by atoms with Gasteiger partial charge in [-0.25, -0.2) is 8.42 Å². The van der Waals surface area contributed by atoms with Crippen LogP contribution in [0, 0.1) is 12.8 Å². The zero-order chi connectivity index (χ0) is 17.3. The lowest BCUT2D eigenvalue weighted by Gasteiger charge is -2.36. The molecule has 1 aromatic rings. The van der Waals surface area contributed by atoms with Crippen LogP contribution < -0.4 is 0 Å². The van der Waals surface area contributed by atoms with Gasteiger partial charge in [-0.2, -0.15) is 0 Å². The van der Waals surface area contributed by atoms with Crippen molar-refractivity contribution in [1.29, 1.82) is 0 Å². The van der Waals surface area contributed by atoms with Crippen LogP contribution in [0.1, 0.15) is 22.3 Å². The molecule has 24 heavy (non-hydrogen) atoms. The summed E-state index contributed by atoms with van der Waals surface area (Å²) in [5.74, 6) is -0.442. The number of piperazine rings is 1. The Morgan fingerprint density at radius 3 is 2.12 bits per heavy atom. The van der Waals surface area contributed by atoms with Gasteiger partial charge in [0.1, 0.15) is 0 Å². The molecule has 130 valence electrons. The van der Waals surface area contributed by atoms with E-state index >= 15 is 0 Å². The van der Waals surface area contributed by atoms with Crippen molar-refractivity contribution in [3.8, 4) is 0 Å². The monoisotopic (exact) mass is 350 g/mol. The fourth-order valence-corrected chi connectivity index (χ4v) is 4.99. The molecule has 6 nitrogen and oxygen atoms in total. The molecule has 0 N–H and O–H groups in total. The number of hydrogen-bond donors (Lipinski definition) is 0. The van der Waals surface area contributed by atoms with Crippen LogP contribution in [0.5, 0.6) is 0 Å². The highest BCUT2D eigenvalue weighted by atomic mass is 32.2. The highest BCUT2D eigenvalue weighted by Crippen LogP contribution is 2.21. The van der Waals surface area contributed by atoms with Gasteiger partial charge in [0, 0.05) is 31.7 Å². The van der Waals surface area contributed by atoms with Gasteiger partial charge in [-0.1, -0.05) is 17.7 Å². The third-order valence-corrected chi connectivity index (χ3v) is 6.53. The van der Waals surface area contributed by atoms with E-state index in [0.29, 0.717) is 38.2 Å². The van der Waals surface area contributed by atoms with Crippen LogP contribution >= 0.6 is 0 Å². The molecule has 2 aliphatic heterocycles. The summed E-state index contributed by atoms with van der Waals surface area (Å²) in [6, 6.07) is 7.46. The quantitative estimate of drug-likeness (QED) is 0.787. The zero-order valence-electron chi connectivity index (χ0n) is 13.8. The van der Waals surface area contributed by atoms with Gasteiger partial charge in [0.05, 0.1) is 17.4 Å². The minimum atomic E-state index is -3.05. The van der Waals surface area contributed by atoms with Crippen LogP contribution in [0.3, 0.4) is 0 Å². The highest BCUT2D eigenvalue weighted by molar-refractivity contribution is 7.91. The van der Waals surface area contributed by atoms with Gasteiger partial charge in [0.2, 0.25) is 5.91 Å². The van der Waals surface area contributed by atoms with Gasteiger partial charge in [0.15, 0.2) is 9.84 Å². The third kappa shape index (κ3) is 3.61. The number of nitrogens with zero attached hydrogens (tertiary/aromatic N) is 2. The Morgan fingerprint density at radius 1 is 1.00 bits per heavy atom. The number of hydrogen-bond acceptors (Lipinski definition) is 4. The summed E-state index contributed by atoms with van der Waals surface area (Å²) in [6.07, 6.45) is 0.420. The van der Waals surface area contributed by atoms with Gasteiger partial charge in [0.25, 0.3) is 5.91 Å². The van der Waals surface area contributed by atoms with E-state index in [2.05, 4.69) is 0 Å². The number of amides is 2. The Bertz CT molecular complexity index is 734. The Balaban J connectivity index is 1.56. The smallest absolute Gasteiger partial charge is 0.253 e. The molecule has 0 spiro atoms. The van der Waals surface area contributed by atoms with Gasteiger partial charge in [-0.05, 0) is 25.5 Å². The van der Waals surface area contributed by atoms with Crippen molar-refractivity contribution < 1.29 is 18.0 Å². The summed E-state index contributed by atoms with van der Waals surface area (Å²) in [7, 11) is -3.05. The number of benzene rings is 1. The molecule has 2 amide bonds.